The van der Waals surface area contributed by atoms with Crippen molar-refractivity contribution in [3.8, 4) is 0 Å². The molecule has 2 heteroatoms. The van der Waals surface area contributed by atoms with E-state index in [-0.39, 0.29) is 6.04 Å². The summed E-state index contributed by atoms with van der Waals surface area (Å²) in [5.74, 6) is 0. The number of nitrogens with zero attached hydrogens (tertiary/aromatic N) is 1. The van der Waals surface area contributed by atoms with Crippen LogP contribution in [0.15, 0.2) is 127 Å². The SMILES string of the molecule is C=C.C=C(CC)C1=C(C)CCN(C(=C)C)C1.Cc1ccc(C)cc1.NC(C1=CC=CCC1)c1ccccc1. The summed E-state index contributed by atoms with van der Waals surface area (Å²) in [6.45, 7) is 26.9. The predicted octanol–water partition coefficient (Wildman–Crippen LogP) is 9.58. The van der Waals surface area contributed by atoms with E-state index in [0.29, 0.717) is 0 Å². The topological polar surface area (TPSA) is 29.3 Å². The Hall–Kier alpha value is -3.36. The molecule has 1 unspecified atom stereocenters. The number of benzene rings is 2. The van der Waals surface area contributed by atoms with Gasteiger partial charge in [0.15, 0.2) is 0 Å². The molecule has 2 nitrogen and oxygen atoms in total. The van der Waals surface area contributed by atoms with Crippen LogP contribution < -0.4 is 5.73 Å². The molecule has 0 amide bonds. The van der Waals surface area contributed by atoms with Crippen LogP contribution in [0.1, 0.15) is 69.2 Å². The van der Waals surface area contributed by atoms with E-state index in [4.69, 9.17) is 5.73 Å². The molecule has 0 saturated carbocycles. The first kappa shape index (κ1) is 32.7. The minimum atomic E-state index is 0.0705. The van der Waals surface area contributed by atoms with Gasteiger partial charge in [-0.15, -0.1) is 13.2 Å². The first-order chi connectivity index (χ1) is 18.2. The van der Waals surface area contributed by atoms with Crippen molar-refractivity contribution in [2.45, 2.75) is 66.3 Å². The van der Waals surface area contributed by atoms with Gasteiger partial charge in [0.25, 0.3) is 0 Å². The molecule has 0 bridgehead atoms. The first-order valence-corrected chi connectivity index (χ1v) is 13.7. The summed E-state index contributed by atoms with van der Waals surface area (Å²) in [6, 6.07) is 18.8. The molecule has 2 aromatic carbocycles. The van der Waals surface area contributed by atoms with Gasteiger partial charge in [0, 0.05) is 18.8 Å². The predicted molar refractivity (Wildman–Crippen MR) is 170 cm³/mol. The van der Waals surface area contributed by atoms with Crippen LogP contribution >= 0.6 is 0 Å². The molecule has 1 aliphatic carbocycles. The third-order valence-electron chi connectivity index (χ3n) is 6.84. The van der Waals surface area contributed by atoms with Crippen LogP contribution in [-0.4, -0.2) is 18.0 Å². The van der Waals surface area contributed by atoms with Crippen LogP contribution in [0.25, 0.3) is 0 Å². The second-order valence-corrected chi connectivity index (χ2v) is 9.87. The maximum atomic E-state index is 6.17. The van der Waals surface area contributed by atoms with E-state index in [1.54, 1.807) is 0 Å². The smallest absolute Gasteiger partial charge is 0.0514 e. The quantitative estimate of drug-likeness (QED) is 0.406. The van der Waals surface area contributed by atoms with Gasteiger partial charge in [0.05, 0.1) is 6.04 Å². The molecule has 204 valence electrons. The second kappa shape index (κ2) is 18.0. The monoisotopic (exact) mass is 510 g/mol. The Morgan fingerprint density at radius 2 is 1.50 bits per heavy atom. The van der Waals surface area contributed by atoms with Crippen molar-refractivity contribution in [1.82, 2.24) is 4.90 Å². The summed E-state index contributed by atoms with van der Waals surface area (Å²) in [4.78, 5) is 2.34. The van der Waals surface area contributed by atoms with Crippen molar-refractivity contribution in [3.05, 3.63) is 144 Å². The van der Waals surface area contributed by atoms with Crippen LogP contribution in [0.5, 0.6) is 0 Å². The van der Waals surface area contributed by atoms with Gasteiger partial charge in [-0.2, -0.15) is 0 Å². The van der Waals surface area contributed by atoms with E-state index in [0.717, 1.165) is 38.8 Å². The number of rotatable bonds is 5. The molecule has 0 aromatic heterocycles. The number of aryl methyl sites for hydroxylation is 2. The molecule has 2 aliphatic rings. The molecule has 38 heavy (non-hydrogen) atoms. The number of nitrogens with two attached hydrogens (primary N) is 1. The Balaban J connectivity index is 0.000000286. The summed E-state index contributed by atoms with van der Waals surface area (Å²) < 4.78 is 0. The molecule has 0 fully saturated rings. The van der Waals surface area contributed by atoms with Crippen LogP contribution in [0.4, 0.5) is 0 Å². The molecule has 1 heterocycles. The Morgan fingerprint density at radius 3 is 1.97 bits per heavy atom. The Bertz CT molecular complexity index is 1060. The van der Waals surface area contributed by atoms with Crippen molar-refractivity contribution in [3.63, 3.8) is 0 Å². The largest absolute Gasteiger partial charge is 0.371 e. The van der Waals surface area contributed by atoms with Crippen LogP contribution in [-0.2, 0) is 0 Å². The standard InChI is InChI=1S/C13H15N.C13H21N.C8H10.C2H4/c14-13(11-7-3-1-4-8-11)12-9-5-2-6-10-12;1-6-11(4)13-9-14(10(2)3)8-7-12(13)5;1-7-3-5-8(2)6-4-7;1-2/h1-5,7-9,13H,6,10,14H2;2,4,6-9H2,1,3,5H3;3-6H,1-2H3;1-2H2. The third kappa shape index (κ3) is 11.4. The van der Waals surface area contributed by atoms with Crippen molar-refractivity contribution in [2.24, 2.45) is 5.73 Å². The molecule has 2 aromatic rings. The minimum absolute atomic E-state index is 0.0705. The fraction of sp³-hybridized carbons (Fsp3) is 0.333. The zero-order valence-electron chi connectivity index (χ0n) is 24.6. The highest BCUT2D eigenvalue weighted by atomic mass is 15.1. The van der Waals surface area contributed by atoms with E-state index in [1.165, 1.54) is 44.7 Å². The summed E-state index contributed by atoms with van der Waals surface area (Å²) in [7, 11) is 0. The average molecular weight is 511 g/mol. The van der Waals surface area contributed by atoms with Crippen molar-refractivity contribution in [1.29, 1.82) is 0 Å². The van der Waals surface area contributed by atoms with Gasteiger partial charge in [-0.1, -0.05) is 115 Å². The van der Waals surface area contributed by atoms with E-state index in [2.05, 4.69) is 120 Å². The van der Waals surface area contributed by atoms with Crippen molar-refractivity contribution < 1.29 is 0 Å². The van der Waals surface area contributed by atoms with Crippen LogP contribution in [0.3, 0.4) is 0 Å². The number of hydrogen-bond acceptors (Lipinski definition) is 2. The fourth-order valence-corrected chi connectivity index (χ4v) is 4.20. The van der Waals surface area contributed by atoms with Gasteiger partial charge in [0.2, 0.25) is 0 Å². The van der Waals surface area contributed by atoms with Gasteiger partial charge in [0.1, 0.15) is 0 Å². The maximum Gasteiger partial charge on any atom is 0.0514 e. The molecule has 2 N–H and O–H groups in total. The van der Waals surface area contributed by atoms with Crippen molar-refractivity contribution >= 4 is 0 Å². The van der Waals surface area contributed by atoms with Gasteiger partial charge in [-0.05, 0) is 70.1 Å². The molecule has 4 rings (SSSR count). The van der Waals surface area contributed by atoms with Gasteiger partial charge < -0.3 is 10.6 Å². The maximum absolute atomic E-state index is 6.17. The van der Waals surface area contributed by atoms with Gasteiger partial charge >= 0.3 is 0 Å². The van der Waals surface area contributed by atoms with E-state index in [9.17, 15) is 0 Å². The molecule has 1 aliphatic heterocycles. The summed E-state index contributed by atoms with van der Waals surface area (Å²) >= 11 is 0. The van der Waals surface area contributed by atoms with Crippen LogP contribution in [0.2, 0.25) is 0 Å². The molecular weight excluding hydrogens is 460 g/mol. The van der Waals surface area contributed by atoms with E-state index in [1.807, 2.05) is 18.2 Å². The molecule has 0 saturated heterocycles. The fourth-order valence-electron chi connectivity index (χ4n) is 4.20. The zero-order chi connectivity index (χ0) is 28.5. The molecular formula is C36H50N2. The molecule has 0 radical (unpaired) electrons. The lowest BCUT2D eigenvalue weighted by Crippen LogP contribution is -2.30. The molecule has 1 atom stereocenters. The van der Waals surface area contributed by atoms with Crippen LogP contribution in [0, 0.1) is 13.8 Å². The lowest BCUT2D eigenvalue weighted by Gasteiger charge is -2.32. The zero-order valence-corrected chi connectivity index (χ0v) is 24.6. The Morgan fingerprint density at radius 1 is 0.921 bits per heavy atom. The lowest BCUT2D eigenvalue weighted by atomic mass is 9.93. The highest BCUT2D eigenvalue weighted by Crippen LogP contribution is 2.26. The number of allylic oxidation sites excluding steroid dienone is 4. The normalized spacial score (nSPS) is 14.9. The van der Waals surface area contributed by atoms with Crippen molar-refractivity contribution in [2.75, 3.05) is 13.1 Å². The second-order valence-electron chi connectivity index (χ2n) is 9.87. The third-order valence-corrected chi connectivity index (χ3v) is 6.84. The minimum Gasteiger partial charge on any atom is -0.371 e. The Labute approximate surface area is 233 Å². The summed E-state index contributed by atoms with van der Waals surface area (Å²) in [5.41, 5.74) is 16.8. The van der Waals surface area contributed by atoms with Gasteiger partial charge in [-0.25, -0.2) is 0 Å². The number of hydrogen-bond donors (Lipinski definition) is 1. The van der Waals surface area contributed by atoms with E-state index >= 15 is 0 Å². The first-order valence-electron chi connectivity index (χ1n) is 13.7. The highest BCUT2D eigenvalue weighted by Gasteiger charge is 2.17. The summed E-state index contributed by atoms with van der Waals surface area (Å²) in [5, 5.41) is 0. The van der Waals surface area contributed by atoms with E-state index < -0.39 is 0 Å². The lowest BCUT2D eigenvalue weighted by molar-refractivity contribution is 0.360. The average Bonchev–Trinajstić information content (AvgIpc) is 2.96. The van der Waals surface area contributed by atoms with Gasteiger partial charge in [-0.3, -0.25) is 0 Å². The Kier molecular flexibility index (Phi) is 15.5. The summed E-state index contributed by atoms with van der Waals surface area (Å²) in [6.07, 6.45) is 10.8. The molecule has 0 spiro atoms. The highest BCUT2D eigenvalue weighted by molar-refractivity contribution is 5.36.